The van der Waals surface area contributed by atoms with E-state index < -0.39 is 0 Å². The van der Waals surface area contributed by atoms with Crippen LogP contribution in [0.2, 0.25) is 0 Å². The Bertz CT molecular complexity index is 1410. The average molecular weight is 492 g/mol. The van der Waals surface area contributed by atoms with Gasteiger partial charge >= 0.3 is 0 Å². The van der Waals surface area contributed by atoms with Gasteiger partial charge in [0.15, 0.2) is 0 Å². The van der Waals surface area contributed by atoms with E-state index in [1.807, 2.05) is 24.0 Å². The number of hydrogen-bond donors (Lipinski definition) is 2. The number of hydrogen-bond acceptors (Lipinski definition) is 8. The number of carbonyl (C=O) groups is 1. The van der Waals surface area contributed by atoms with Crippen molar-refractivity contribution in [1.29, 1.82) is 0 Å². The Morgan fingerprint density at radius 1 is 1.31 bits per heavy atom. The molecule has 9 nitrogen and oxygen atoms in total. The fourth-order valence-electron chi connectivity index (χ4n) is 5.11. The van der Waals surface area contributed by atoms with Crippen LogP contribution in [0.1, 0.15) is 23.8 Å². The number of H-pyrrole nitrogens is 1. The van der Waals surface area contributed by atoms with Crippen LogP contribution in [-0.4, -0.2) is 75.7 Å². The molecule has 4 aromatic rings. The molecular weight excluding hydrogens is 462 g/mol. The number of fused-ring (bicyclic) bond motifs is 4. The number of nitrogens with one attached hydrogen (secondary N) is 2. The second-order valence-corrected chi connectivity index (χ2v) is 10.7. The first-order valence-electron chi connectivity index (χ1n) is 12.1. The van der Waals surface area contributed by atoms with Crippen LogP contribution in [0.5, 0.6) is 5.75 Å². The molecule has 1 atom stereocenters. The van der Waals surface area contributed by atoms with Crippen molar-refractivity contribution in [3.63, 3.8) is 0 Å². The number of anilines is 2. The smallest absolute Gasteiger partial charge is 0.226 e. The lowest BCUT2D eigenvalue weighted by Crippen LogP contribution is -2.60. The molecule has 6 rings (SSSR count). The number of aromatic nitrogens is 4. The van der Waals surface area contributed by atoms with Gasteiger partial charge in [-0.1, -0.05) is 0 Å². The molecule has 0 bridgehead atoms. The van der Waals surface area contributed by atoms with Crippen LogP contribution in [0.15, 0.2) is 24.7 Å². The lowest BCUT2D eigenvalue weighted by Gasteiger charge is -2.44. The standard InChI is InChI=1S/C25H29N7O2S/c1-4-34-20-9-18-15(10-28-30-18)7-19(20)29-23-22-17-6-5-14(8-21(17)35-24(22)27-13-26-23)25(33)32-11-16(12-32)31(2)3/h7,9-10,13-14,16H,4-6,8,11-12H2,1-3H3,(H,28,30)(H,26,27,29)/t14-/m0/s1. The molecule has 0 radical (unpaired) electrons. The third-order valence-corrected chi connectivity index (χ3v) is 8.35. The molecule has 2 N–H and O–H groups in total. The Morgan fingerprint density at radius 2 is 2.17 bits per heavy atom. The summed E-state index contributed by atoms with van der Waals surface area (Å²) < 4.78 is 5.90. The van der Waals surface area contributed by atoms with Gasteiger partial charge in [-0.2, -0.15) is 5.10 Å². The van der Waals surface area contributed by atoms with Gasteiger partial charge in [0.2, 0.25) is 5.91 Å². The molecule has 1 aromatic carbocycles. The minimum Gasteiger partial charge on any atom is -0.492 e. The summed E-state index contributed by atoms with van der Waals surface area (Å²) in [5.41, 5.74) is 3.04. The zero-order valence-corrected chi connectivity index (χ0v) is 21.0. The van der Waals surface area contributed by atoms with Crippen molar-refractivity contribution >= 4 is 49.9 Å². The number of rotatable bonds is 6. The van der Waals surface area contributed by atoms with E-state index in [1.54, 1.807) is 23.9 Å². The third-order valence-electron chi connectivity index (χ3n) is 7.19. The van der Waals surface area contributed by atoms with Crippen molar-refractivity contribution in [2.24, 2.45) is 5.92 Å². The van der Waals surface area contributed by atoms with Gasteiger partial charge in [-0.15, -0.1) is 11.3 Å². The summed E-state index contributed by atoms with van der Waals surface area (Å²) in [4.78, 5) is 28.7. The Hall–Kier alpha value is -3.24. The van der Waals surface area contributed by atoms with Gasteiger partial charge in [0.25, 0.3) is 0 Å². The van der Waals surface area contributed by atoms with Crippen LogP contribution >= 0.6 is 11.3 Å². The van der Waals surface area contributed by atoms with E-state index in [1.165, 1.54) is 10.4 Å². The topological polar surface area (TPSA) is 99.3 Å². The second kappa shape index (κ2) is 8.76. The van der Waals surface area contributed by atoms with Crippen molar-refractivity contribution < 1.29 is 9.53 Å². The predicted octanol–water partition coefficient (Wildman–Crippen LogP) is 3.59. The Kier molecular flexibility index (Phi) is 5.57. The number of nitrogens with zero attached hydrogens (tertiary/aromatic N) is 5. The van der Waals surface area contributed by atoms with Crippen LogP contribution in [0.25, 0.3) is 21.1 Å². The second-order valence-electron chi connectivity index (χ2n) is 9.57. The molecule has 35 heavy (non-hydrogen) atoms. The van der Waals surface area contributed by atoms with Gasteiger partial charge in [-0.05, 0) is 51.9 Å². The van der Waals surface area contributed by atoms with Gasteiger partial charge in [-0.25, -0.2) is 9.97 Å². The predicted molar refractivity (Wildman–Crippen MR) is 138 cm³/mol. The fourth-order valence-corrected chi connectivity index (χ4v) is 6.37. The SMILES string of the molecule is CCOc1cc2[nH]ncc2cc1Nc1ncnc2sc3c(c12)CC[C@H](C(=O)N1CC(N(C)C)C1)C3. The summed E-state index contributed by atoms with van der Waals surface area (Å²) in [7, 11) is 4.15. The van der Waals surface area contributed by atoms with E-state index in [0.29, 0.717) is 18.6 Å². The van der Waals surface area contributed by atoms with Crippen molar-refractivity contribution in [2.45, 2.75) is 32.2 Å². The van der Waals surface area contributed by atoms with Crippen LogP contribution in [0.3, 0.4) is 0 Å². The fraction of sp³-hybridized carbons (Fsp3) is 0.440. The summed E-state index contributed by atoms with van der Waals surface area (Å²) in [6.45, 7) is 4.20. The van der Waals surface area contributed by atoms with Gasteiger partial charge in [0.05, 0.1) is 29.4 Å². The average Bonchev–Trinajstić information content (AvgIpc) is 3.41. The van der Waals surface area contributed by atoms with Crippen molar-refractivity contribution in [3.8, 4) is 5.75 Å². The third kappa shape index (κ3) is 3.90. The van der Waals surface area contributed by atoms with Crippen LogP contribution in [0, 0.1) is 5.92 Å². The molecule has 1 aliphatic carbocycles. The van der Waals surface area contributed by atoms with Crippen molar-refractivity contribution in [2.75, 3.05) is 39.1 Å². The van der Waals surface area contributed by atoms with Gasteiger partial charge in [0, 0.05) is 41.4 Å². The van der Waals surface area contributed by atoms with E-state index in [-0.39, 0.29) is 5.92 Å². The first-order chi connectivity index (χ1) is 17.0. The zero-order chi connectivity index (χ0) is 24.1. The highest BCUT2D eigenvalue weighted by Gasteiger charge is 2.37. The highest BCUT2D eigenvalue weighted by atomic mass is 32.1. The molecule has 3 aromatic heterocycles. The number of likely N-dealkylation sites (tertiary alicyclic amines) is 1. The molecule has 2 aliphatic rings. The van der Waals surface area contributed by atoms with Crippen LogP contribution in [-0.2, 0) is 17.6 Å². The number of amides is 1. The summed E-state index contributed by atoms with van der Waals surface area (Å²) in [5.74, 6) is 1.87. The molecule has 4 heterocycles. The van der Waals surface area contributed by atoms with E-state index >= 15 is 0 Å². The molecule has 1 amide bonds. The molecule has 1 aliphatic heterocycles. The summed E-state index contributed by atoms with van der Waals surface area (Å²) in [6.07, 6.45) is 5.91. The van der Waals surface area contributed by atoms with Crippen LogP contribution < -0.4 is 10.1 Å². The monoisotopic (exact) mass is 491 g/mol. The summed E-state index contributed by atoms with van der Waals surface area (Å²) >= 11 is 1.69. The molecule has 0 spiro atoms. The molecule has 182 valence electrons. The van der Waals surface area contributed by atoms with Crippen molar-refractivity contribution in [3.05, 3.63) is 35.1 Å². The van der Waals surface area contributed by atoms with Crippen LogP contribution in [0.4, 0.5) is 11.5 Å². The summed E-state index contributed by atoms with van der Waals surface area (Å²) in [5, 5.41) is 12.7. The lowest BCUT2D eigenvalue weighted by molar-refractivity contribution is -0.142. The van der Waals surface area contributed by atoms with Gasteiger partial charge in [0.1, 0.15) is 22.7 Å². The Morgan fingerprint density at radius 3 is 2.97 bits per heavy atom. The first-order valence-corrected chi connectivity index (χ1v) is 12.9. The number of aryl methyl sites for hydroxylation is 1. The van der Waals surface area contributed by atoms with E-state index in [0.717, 1.165) is 70.7 Å². The zero-order valence-electron chi connectivity index (χ0n) is 20.2. The Balaban J connectivity index is 1.28. The number of likely N-dealkylation sites (N-methyl/N-ethyl adjacent to an activating group) is 1. The highest BCUT2D eigenvalue weighted by Crippen LogP contribution is 2.42. The molecule has 0 unspecified atom stereocenters. The Labute approximate surface area is 207 Å². The normalized spacial score (nSPS) is 18.2. The van der Waals surface area contributed by atoms with Gasteiger partial charge < -0.3 is 19.9 Å². The van der Waals surface area contributed by atoms with Gasteiger partial charge in [-0.3, -0.25) is 9.89 Å². The maximum atomic E-state index is 13.1. The molecule has 10 heteroatoms. The summed E-state index contributed by atoms with van der Waals surface area (Å²) in [6, 6.07) is 4.47. The first kappa shape index (κ1) is 22.2. The number of benzene rings is 1. The van der Waals surface area contributed by atoms with E-state index in [2.05, 4.69) is 44.5 Å². The van der Waals surface area contributed by atoms with Crippen molar-refractivity contribution in [1.82, 2.24) is 30.0 Å². The number of ether oxygens (including phenoxy) is 1. The number of aromatic amines is 1. The largest absolute Gasteiger partial charge is 0.492 e. The molecule has 0 saturated carbocycles. The molecule has 1 fully saturated rings. The number of thiophene rings is 1. The maximum absolute atomic E-state index is 13.1. The minimum absolute atomic E-state index is 0.0519. The van der Waals surface area contributed by atoms with E-state index in [4.69, 9.17) is 4.74 Å². The number of carbonyl (C=O) groups excluding carboxylic acids is 1. The maximum Gasteiger partial charge on any atom is 0.226 e. The quantitative estimate of drug-likeness (QED) is 0.425. The van der Waals surface area contributed by atoms with E-state index in [9.17, 15) is 4.79 Å². The highest BCUT2D eigenvalue weighted by molar-refractivity contribution is 7.19. The lowest BCUT2D eigenvalue weighted by atomic mass is 9.86. The minimum atomic E-state index is 0.0519. The molecule has 1 saturated heterocycles. The molecular formula is C25H29N7O2S.